The Kier molecular flexibility index (Phi) is 9.87. The van der Waals surface area contributed by atoms with Crippen LogP contribution in [0.15, 0.2) is 54.6 Å². The smallest absolute Gasteiger partial charge is 0.338 e. The average Bonchev–Trinajstić information content (AvgIpc) is 3.71. The Bertz CT molecular complexity index is 1910. The summed E-state index contributed by atoms with van der Waals surface area (Å²) in [6.45, 7) is 23.8. The quantitative estimate of drug-likeness (QED) is 0.125. The minimum absolute atomic E-state index is 0.0217. The first kappa shape index (κ1) is 37.0. The molecule has 2 unspecified atom stereocenters. The second kappa shape index (κ2) is 13.6. The molecule has 2 aliphatic heterocycles. The fraction of sp³-hybridized carbons (Fsp3) is 0.476. The molecule has 2 aromatic carbocycles. The number of benzene rings is 2. The lowest BCUT2D eigenvalue weighted by atomic mass is 9.63. The van der Waals surface area contributed by atoms with Gasteiger partial charge in [0.15, 0.2) is 34.9 Å². The first-order chi connectivity index (χ1) is 24.0. The molecule has 0 aliphatic carbocycles. The molecule has 9 heteroatoms. The van der Waals surface area contributed by atoms with Gasteiger partial charge in [-0.25, -0.2) is 4.79 Å². The van der Waals surface area contributed by atoms with E-state index < -0.39 is 12.1 Å². The van der Waals surface area contributed by atoms with E-state index in [0.717, 1.165) is 39.2 Å². The van der Waals surface area contributed by atoms with Crippen molar-refractivity contribution in [1.29, 1.82) is 0 Å². The van der Waals surface area contributed by atoms with Gasteiger partial charge in [-0.1, -0.05) is 112 Å². The van der Waals surface area contributed by atoms with Crippen LogP contribution < -0.4 is 18.9 Å². The van der Waals surface area contributed by atoms with Crippen LogP contribution in [0.2, 0.25) is 0 Å². The molecule has 2 atom stereocenters. The van der Waals surface area contributed by atoms with Gasteiger partial charge in [0.05, 0.1) is 25.1 Å². The molecular weight excluding hydrogens is 681 g/mol. The van der Waals surface area contributed by atoms with Crippen molar-refractivity contribution in [2.24, 2.45) is 0 Å². The van der Waals surface area contributed by atoms with Crippen LogP contribution in [-0.4, -0.2) is 44.3 Å². The van der Waals surface area contributed by atoms with Gasteiger partial charge in [-0.05, 0) is 18.6 Å². The van der Waals surface area contributed by atoms with Crippen molar-refractivity contribution in [3.05, 3.63) is 90.8 Å². The van der Waals surface area contributed by atoms with Crippen molar-refractivity contribution in [2.75, 3.05) is 26.4 Å². The van der Waals surface area contributed by atoms with Crippen LogP contribution >= 0.6 is 22.7 Å². The molecule has 272 valence electrons. The largest absolute Gasteiger partial charge is 0.485 e. The number of ether oxygens (including phenoxy) is 5. The van der Waals surface area contributed by atoms with Gasteiger partial charge in [0.25, 0.3) is 0 Å². The number of hydrogen-bond acceptors (Lipinski definition) is 9. The third-order valence-electron chi connectivity index (χ3n) is 10.3. The Morgan fingerprint density at radius 1 is 0.667 bits per heavy atom. The van der Waals surface area contributed by atoms with E-state index in [1.165, 1.54) is 9.75 Å². The van der Waals surface area contributed by atoms with Crippen molar-refractivity contribution in [1.82, 2.24) is 0 Å². The molecule has 4 heterocycles. The second-order valence-corrected chi connectivity index (χ2v) is 18.3. The molecule has 0 fully saturated rings. The minimum Gasteiger partial charge on any atom is -0.485 e. The molecule has 51 heavy (non-hydrogen) atoms. The molecule has 2 aromatic heterocycles. The van der Waals surface area contributed by atoms with Crippen molar-refractivity contribution in [2.45, 2.75) is 103 Å². The predicted octanol–water partition coefficient (Wildman–Crippen LogP) is 10.0. The zero-order chi connectivity index (χ0) is 36.9. The second-order valence-electron chi connectivity index (χ2n) is 16.3. The van der Waals surface area contributed by atoms with Crippen LogP contribution in [0.3, 0.4) is 0 Å². The Morgan fingerprint density at radius 2 is 1.18 bits per heavy atom. The zero-order valence-corrected chi connectivity index (χ0v) is 33.1. The predicted molar refractivity (Wildman–Crippen MR) is 204 cm³/mol. The Balaban J connectivity index is 1.27. The van der Waals surface area contributed by atoms with Gasteiger partial charge >= 0.3 is 5.97 Å². The van der Waals surface area contributed by atoms with E-state index >= 15 is 0 Å². The number of hydrogen-bond donors (Lipinski definition) is 0. The van der Waals surface area contributed by atoms with E-state index in [0.29, 0.717) is 29.9 Å². The van der Waals surface area contributed by atoms with E-state index in [1.54, 1.807) is 59.1 Å². The first-order valence-electron chi connectivity index (χ1n) is 17.7. The van der Waals surface area contributed by atoms with Crippen LogP contribution in [0.1, 0.15) is 121 Å². The summed E-state index contributed by atoms with van der Waals surface area (Å²) in [6.07, 6.45) is 0.338. The van der Waals surface area contributed by atoms with E-state index in [1.807, 2.05) is 18.2 Å². The number of esters is 1. The highest BCUT2D eigenvalue weighted by molar-refractivity contribution is 7.13. The molecule has 0 spiro atoms. The summed E-state index contributed by atoms with van der Waals surface area (Å²) in [7, 11) is 0. The van der Waals surface area contributed by atoms with E-state index in [-0.39, 0.29) is 40.7 Å². The first-order valence-corrected chi connectivity index (χ1v) is 19.4. The maximum atomic E-state index is 13.1. The van der Waals surface area contributed by atoms with Crippen LogP contribution in [0.4, 0.5) is 0 Å². The molecule has 0 saturated carbocycles. The van der Waals surface area contributed by atoms with Crippen molar-refractivity contribution < 1.29 is 33.3 Å². The summed E-state index contributed by atoms with van der Waals surface area (Å²) in [5, 5.41) is 0. The highest BCUT2D eigenvalue weighted by Gasteiger charge is 2.51. The monoisotopic (exact) mass is 730 g/mol. The molecule has 0 saturated heterocycles. The molecule has 7 nitrogen and oxygen atoms in total. The normalized spacial score (nSPS) is 17.1. The third-order valence-corrected chi connectivity index (χ3v) is 14.0. The number of carbonyl (C=O) groups is 2. The van der Waals surface area contributed by atoms with Gasteiger partial charge in [-0.15, -0.1) is 22.7 Å². The lowest BCUT2D eigenvalue weighted by Crippen LogP contribution is -2.43. The lowest BCUT2D eigenvalue weighted by Gasteiger charge is -2.44. The molecule has 0 radical (unpaired) electrons. The summed E-state index contributed by atoms with van der Waals surface area (Å²) < 4.78 is 31.7. The fourth-order valence-electron chi connectivity index (χ4n) is 6.71. The average molecular weight is 731 g/mol. The lowest BCUT2D eigenvalue weighted by molar-refractivity contribution is 0.00988. The Morgan fingerprint density at radius 3 is 1.75 bits per heavy atom. The highest BCUT2D eigenvalue weighted by Crippen LogP contribution is 2.62. The molecule has 4 aromatic rings. The maximum absolute atomic E-state index is 13.1. The number of fused-ring (bicyclic) bond motifs is 2. The van der Waals surface area contributed by atoms with Crippen LogP contribution in [0.5, 0.6) is 23.0 Å². The van der Waals surface area contributed by atoms with Crippen molar-refractivity contribution >= 4 is 34.4 Å². The van der Waals surface area contributed by atoms with Crippen molar-refractivity contribution in [3.8, 4) is 23.0 Å². The summed E-state index contributed by atoms with van der Waals surface area (Å²) in [5.41, 5.74) is 0.416. The molecule has 2 aliphatic rings. The van der Waals surface area contributed by atoms with Crippen molar-refractivity contribution in [3.63, 3.8) is 0 Å². The SMILES string of the molecule is CCC(C)(c1sc(C(C)(C)C)c2c1OC(COC(=O)c1ccc(C(=O)c3ccccc3)cc1)CO2)C(C)(C)c1sc(C(C)(C)C)c2c1OCCO2. The zero-order valence-electron chi connectivity index (χ0n) is 31.5. The number of rotatable bonds is 9. The van der Waals surface area contributed by atoms with E-state index in [9.17, 15) is 9.59 Å². The molecule has 0 amide bonds. The van der Waals surface area contributed by atoms with E-state index in [2.05, 4.69) is 69.2 Å². The highest BCUT2D eigenvalue weighted by atomic mass is 32.1. The standard InChI is InChI=1S/C42H50O7S2/c1-11-42(10,41(8,9)36-31-30(45-21-22-46-31)34(50-36)39(2,3)4)37-33-32(35(51-37)40(5,6)7)47-23-28(49-33)24-48-38(44)27-19-17-26(18-20-27)29(43)25-15-13-12-14-16-25/h12-20,28H,11,21-24H2,1-10H3. The van der Waals surface area contributed by atoms with Crippen LogP contribution in [0, 0.1) is 0 Å². The van der Waals surface area contributed by atoms with Gasteiger partial charge in [-0.2, -0.15) is 0 Å². The summed E-state index contributed by atoms with van der Waals surface area (Å²) in [5.74, 6) is 2.67. The maximum Gasteiger partial charge on any atom is 0.338 e. The van der Waals surface area contributed by atoms with Crippen LogP contribution in [-0.2, 0) is 26.4 Å². The number of thiophene rings is 2. The Labute approximate surface area is 310 Å². The summed E-state index contributed by atoms with van der Waals surface area (Å²) in [4.78, 5) is 30.6. The minimum atomic E-state index is -0.496. The Hall–Kier alpha value is -3.82. The van der Waals surface area contributed by atoms with Gasteiger partial charge < -0.3 is 23.7 Å². The van der Waals surface area contributed by atoms with Gasteiger partial charge in [-0.3, -0.25) is 4.79 Å². The molecule has 6 rings (SSSR count). The van der Waals surface area contributed by atoms with Gasteiger partial charge in [0, 0.05) is 32.8 Å². The topological polar surface area (TPSA) is 80.3 Å². The van der Waals surface area contributed by atoms with Gasteiger partial charge in [0.2, 0.25) is 0 Å². The summed E-state index contributed by atoms with van der Waals surface area (Å²) in [6, 6.07) is 15.6. The third kappa shape index (κ3) is 6.79. The molecule has 0 N–H and O–H groups in total. The number of carbonyl (C=O) groups excluding carboxylic acids is 2. The van der Waals surface area contributed by atoms with E-state index in [4.69, 9.17) is 23.7 Å². The van der Waals surface area contributed by atoms with Crippen LogP contribution in [0.25, 0.3) is 0 Å². The fourth-order valence-corrected chi connectivity index (χ4v) is 9.81. The molecular formula is C42H50O7S2. The number of ketones is 1. The summed E-state index contributed by atoms with van der Waals surface area (Å²) >= 11 is 3.55. The van der Waals surface area contributed by atoms with Gasteiger partial charge in [0.1, 0.15) is 26.4 Å². The molecule has 0 bridgehead atoms.